The highest BCUT2D eigenvalue weighted by Gasteiger charge is 2.10. The van der Waals surface area contributed by atoms with Crippen LogP contribution in [0.4, 0.5) is 0 Å². The molecule has 0 aromatic heterocycles. The summed E-state index contributed by atoms with van der Waals surface area (Å²) in [5, 5.41) is 3.32. The Morgan fingerprint density at radius 3 is 2.88 bits per heavy atom. The standard InChI is InChI=1S/C6H10IN/c1-5-3-2-4-8-6(5)7/h6,8H,1-4H2/t6-/m1/s1. The summed E-state index contributed by atoms with van der Waals surface area (Å²) in [5.74, 6) is 0. The van der Waals surface area contributed by atoms with Gasteiger partial charge < -0.3 is 5.32 Å². The van der Waals surface area contributed by atoms with Gasteiger partial charge in [0.2, 0.25) is 0 Å². The molecule has 1 nitrogen and oxygen atoms in total. The lowest BCUT2D eigenvalue weighted by molar-refractivity contribution is 0.598. The molecule has 46 valence electrons. The number of piperidine rings is 1. The van der Waals surface area contributed by atoms with Crippen LogP contribution >= 0.6 is 22.6 Å². The quantitative estimate of drug-likeness (QED) is 0.285. The maximum atomic E-state index is 3.93. The summed E-state index contributed by atoms with van der Waals surface area (Å²) in [5.41, 5.74) is 1.34. The van der Waals surface area contributed by atoms with Gasteiger partial charge in [0.05, 0.1) is 4.05 Å². The van der Waals surface area contributed by atoms with Crippen molar-refractivity contribution in [3.05, 3.63) is 12.2 Å². The molecule has 0 amide bonds. The third kappa shape index (κ3) is 1.45. The van der Waals surface area contributed by atoms with Crippen LogP contribution in [0, 0.1) is 0 Å². The van der Waals surface area contributed by atoms with Crippen molar-refractivity contribution in [3.63, 3.8) is 0 Å². The average Bonchev–Trinajstić information content (AvgIpc) is 1.77. The second-order valence-corrected chi connectivity index (χ2v) is 3.32. The molecule has 1 N–H and O–H groups in total. The Morgan fingerprint density at radius 2 is 2.50 bits per heavy atom. The lowest BCUT2D eigenvalue weighted by Crippen LogP contribution is -2.30. The zero-order valence-corrected chi connectivity index (χ0v) is 6.94. The fourth-order valence-corrected chi connectivity index (χ4v) is 1.44. The fraction of sp³-hybridized carbons (Fsp3) is 0.667. The maximum Gasteiger partial charge on any atom is 0.0806 e. The van der Waals surface area contributed by atoms with Gasteiger partial charge in [-0.2, -0.15) is 0 Å². The lowest BCUT2D eigenvalue weighted by atomic mass is 10.1. The van der Waals surface area contributed by atoms with Crippen LogP contribution in [0.25, 0.3) is 0 Å². The Hall–Kier alpha value is 0.430. The van der Waals surface area contributed by atoms with E-state index in [-0.39, 0.29) is 0 Å². The zero-order chi connectivity index (χ0) is 5.98. The number of alkyl halides is 1. The van der Waals surface area contributed by atoms with Crippen molar-refractivity contribution in [2.24, 2.45) is 0 Å². The van der Waals surface area contributed by atoms with Crippen LogP contribution in [0.15, 0.2) is 12.2 Å². The molecule has 1 fully saturated rings. The van der Waals surface area contributed by atoms with Gasteiger partial charge in [-0.15, -0.1) is 0 Å². The number of halogens is 1. The molecular weight excluding hydrogens is 213 g/mol. The van der Waals surface area contributed by atoms with Crippen LogP contribution in [0.3, 0.4) is 0 Å². The molecule has 1 rings (SSSR count). The van der Waals surface area contributed by atoms with Crippen molar-refractivity contribution in [2.75, 3.05) is 6.54 Å². The molecular formula is C6H10IN. The van der Waals surface area contributed by atoms with E-state index < -0.39 is 0 Å². The topological polar surface area (TPSA) is 12.0 Å². The summed E-state index contributed by atoms with van der Waals surface area (Å²) >= 11 is 2.37. The molecule has 0 spiro atoms. The van der Waals surface area contributed by atoms with Crippen LogP contribution < -0.4 is 5.32 Å². The summed E-state index contributed by atoms with van der Waals surface area (Å²) in [4.78, 5) is 0. The first-order chi connectivity index (χ1) is 3.80. The number of hydrogen-bond donors (Lipinski definition) is 1. The third-order valence-corrected chi connectivity index (χ3v) is 2.68. The fourth-order valence-electron chi connectivity index (χ4n) is 0.815. The molecule has 1 aliphatic heterocycles. The van der Waals surface area contributed by atoms with E-state index in [1.165, 1.54) is 18.4 Å². The smallest absolute Gasteiger partial charge is 0.0806 e. The van der Waals surface area contributed by atoms with E-state index in [2.05, 4.69) is 34.5 Å². The Bertz CT molecular complexity index is 101. The largest absolute Gasteiger partial charge is 0.302 e. The van der Waals surface area contributed by atoms with Crippen LogP contribution in [-0.2, 0) is 0 Å². The highest BCUT2D eigenvalue weighted by atomic mass is 127. The molecule has 1 heterocycles. The van der Waals surface area contributed by atoms with Gasteiger partial charge in [-0.25, -0.2) is 0 Å². The molecule has 0 aliphatic carbocycles. The van der Waals surface area contributed by atoms with E-state index in [1.54, 1.807) is 0 Å². The van der Waals surface area contributed by atoms with Gasteiger partial charge in [0.15, 0.2) is 0 Å². The van der Waals surface area contributed by atoms with Gasteiger partial charge in [-0.3, -0.25) is 0 Å². The number of rotatable bonds is 0. The SMILES string of the molecule is C=C1CCCN[C@H]1I. The Kier molecular flexibility index (Phi) is 2.31. The first-order valence-corrected chi connectivity index (χ1v) is 4.10. The van der Waals surface area contributed by atoms with E-state index in [4.69, 9.17) is 0 Å². The van der Waals surface area contributed by atoms with Crippen molar-refractivity contribution in [1.29, 1.82) is 0 Å². The normalized spacial score (nSPS) is 30.6. The van der Waals surface area contributed by atoms with Gasteiger partial charge in [-0.05, 0) is 19.4 Å². The van der Waals surface area contributed by atoms with E-state index >= 15 is 0 Å². The van der Waals surface area contributed by atoms with Crippen molar-refractivity contribution in [2.45, 2.75) is 16.9 Å². The summed E-state index contributed by atoms with van der Waals surface area (Å²) in [7, 11) is 0. The van der Waals surface area contributed by atoms with Crippen LogP contribution in [-0.4, -0.2) is 10.6 Å². The van der Waals surface area contributed by atoms with E-state index in [0.29, 0.717) is 4.05 Å². The minimum absolute atomic E-state index is 0.529. The molecule has 0 radical (unpaired) electrons. The number of nitrogens with one attached hydrogen (secondary N) is 1. The van der Waals surface area contributed by atoms with Crippen molar-refractivity contribution in [1.82, 2.24) is 5.32 Å². The second-order valence-electron chi connectivity index (χ2n) is 2.08. The average molecular weight is 223 g/mol. The predicted octanol–water partition coefficient (Wildman–Crippen LogP) is 1.69. The maximum absolute atomic E-state index is 3.93. The summed E-state index contributed by atoms with van der Waals surface area (Å²) in [6, 6.07) is 0. The van der Waals surface area contributed by atoms with Crippen molar-refractivity contribution >= 4 is 22.6 Å². The molecule has 1 atom stereocenters. The monoisotopic (exact) mass is 223 g/mol. The van der Waals surface area contributed by atoms with Crippen LogP contribution in [0.1, 0.15) is 12.8 Å². The first kappa shape index (κ1) is 6.55. The molecule has 0 unspecified atom stereocenters. The number of hydrogen-bond acceptors (Lipinski definition) is 1. The second kappa shape index (κ2) is 2.82. The van der Waals surface area contributed by atoms with E-state index in [1.807, 2.05) is 0 Å². The van der Waals surface area contributed by atoms with Gasteiger partial charge >= 0.3 is 0 Å². The molecule has 2 heteroatoms. The highest BCUT2D eigenvalue weighted by molar-refractivity contribution is 14.1. The minimum Gasteiger partial charge on any atom is -0.302 e. The lowest BCUT2D eigenvalue weighted by Gasteiger charge is -2.20. The molecule has 0 bridgehead atoms. The molecule has 8 heavy (non-hydrogen) atoms. The summed E-state index contributed by atoms with van der Waals surface area (Å²) in [6.07, 6.45) is 2.47. The van der Waals surface area contributed by atoms with Gasteiger partial charge in [0.1, 0.15) is 0 Å². The summed E-state index contributed by atoms with van der Waals surface area (Å²) in [6.45, 7) is 5.08. The van der Waals surface area contributed by atoms with Crippen LogP contribution in [0.5, 0.6) is 0 Å². The Labute approximate surface area is 63.7 Å². The molecule has 0 aromatic carbocycles. The molecule has 1 saturated heterocycles. The van der Waals surface area contributed by atoms with Gasteiger partial charge in [0, 0.05) is 0 Å². The molecule has 1 aliphatic rings. The molecule has 0 saturated carbocycles. The minimum atomic E-state index is 0.529. The predicted molar refractivity (Wildman–Crippen MR) is 44.2 cm³/mol. The van der Waals surface area contributed by atoms with Crippen molar-refractivity contribution in [3.8, 4) is 0 Å². The van der Waals surface area contributed by atoms with Crippen LogP contribution in [0.2, 0.25) is 0 Å². The van der Waals surface area contributed by atoms with E-state index in [0.717, 1.165) is 6.54 Å². The molecule has 0 aromatic rings. The van der Waals surface area contributed by atoms with Gasteiger partial charge in [-0.1, -0.05) is 34.7 Å². The Balaban J connectivity index is 2.39. The van der Waals surface area contributed by atoms with Gasteiger partial charge in [0.25, 0.3) is 0 Å². The summed E-state index contributed by atoms with van der Waals surface area (Å²) < 4.78 is 0.529. The highest BCUT2D eigenvalue weighted by Crippen LogP contribution is 2.17. The Morgan fingerprint density at radius 1 is 1.75 bits per heavy atom. The first-order valence-electron chi connectivity index (χ1n) is 2.86. The van der Waals surface area contributed by atoms with E-state index in [9.17, 15) is 0 Å². The zero-order valence-electron chi connectivity index (χ0n) is 4.78. The van der Waals surface area contributed by atoms with Crippen molar-refractivity contribution < 1.29 is 0 Å². The third-order valence-electron chi connectivity index (χ3n) is 1.36.